The second-order valence-electron chi connectivity index (χ2n) is 8.51. The molecule has 11 heteroatoms. The van der Waals surface area contributed by atoms with Crippen LogP contribution in [-0.4, -0.2) is 51.5 Å². The van der Waals surface area contributed by atoms with Crippen LogP contribution in [-0.2, 0) is 14.3 Å². The van der Waals surface area contributed by atoms with Crippen LogP contribution in [0.25, 0.3) is 0 Å². The minimum absolute atomic E-state index is 0.0588. The maximum absolute atomic E-state index is 15.8. The molecular formula is C27H26FN3O6S. The van der Waals surface area contributed by atoms with Crippen LogP contribution in [0.3, 0.4) is 0 Å². The first-order chi connectivity index (χ1) is 18.4. The highest BCUT2D eigenvalue weighted by atomic mass is 32.2. The van der Waals surface area contributed by atoms with E-state index in [0.29, 0.717) is 12.0 Å². The number of esters is 2. The van der Waals surface area contributed by atoms with Gasteiger partial charge >= 0.3 is 17.6 Å². The fraction of sp³-hybridized carbons (Fsp3) is 0.296. The highest BCUT2D eigenvalue weighted by Crippen LogP contribution is 2.45. The van der Waals surface area contributed by atoms with Crippen LogP contribution in [0, 0.1) is 0 Å². The van der Waals surface area contributed by atoms with Crippen LogP contribution in [0.5, 0.6) is 0 Å². The Hall–Kier alpha value is -3.99. The summed E-state index contributed by atoms with van der Waals surface area (Å²) in [6.45, 7) is 1.59. The van der Waals surface area contributed by atoms with E-state index in [9.17, 15) is 19.2 Å². The summed E-state index contributed by atoms with van der Waals surface area (Å²) < 4.78 is 27.8. The molecule has 0 saturated carbocycles. The number of nitrogens with zero attached hydrogens (tertiary/aromatic N) is 2. The van der Waals surface area contributed by atoms with E-state index in [1.54, 1.807) is 60.7 Å². The molecular weight excluding hydrogens is 513 g/mol. The van der Waals surface area contributed by atoms with Gasteiger partial charge in [0.25, 0.3) is 0 Å². The molecule has 1 unspecified atom stereocenters. The lowest BCUT2D eigenvalue weighted by Crippen LogP contribution is -2.37. The molecule has 1 amide bonds. The van der Waals surface area contributed by atoms with Gasteiger partial charge in [-0.05, 0) is 36.8 Å². The molecule has 1 aliphatic heterocycles. The fourth-order valence-corrected chi connectivity index (χ4v) is 5.34. The highest BCUT2D eigenvalue weighted by molar-refractivity contribution is 8.00. The minimum Gasteiger partial charge on any atom is -0.461 e. The predicted molar refractivity (Wildman–Crippen MR) is 140 cm³/mol. The number of benzene rings is 2. The zero-order chi connectivity index (χ0) is 27.1. The lowest BCUT2D eigenvalue weighted by atomic mass is 10.1. The molecule has 3 aromatic rings. The second kappa shape index (κ2) is 12.5. The summed E-state index contributed by atoms with van der Waals surface area (Å²) in [6, 6.07) is 17.8. The van der Waals surface area contributed by atoms with Crippen LogP contribution in [0.4, 0.5) is 10.2 Å². The molecule has 198 valence electrons. The van der Waals surface area contributed by atoms with Gasteiger partial charge in [0.05, 0.1) is 16.4 Å². The first-order valence-electron chi connectivity index (χ1n) is 12.0. The van der Waals surface area contributed by atoms with Crippen molar-refractivity contribution >= 4 is 35.4 Å². The molecule has 9 nitrogen and oxygen atoms in total. The van der Waals surface area contributed by atoms with Gasteiger partial charge in [-0.25, -0.2) is 18.8 Å². The van der Waals surface area contributed by atoms with E-state index in [2.05, 4.69) is 10.3 Å². The van der Waals surface area contributed by atoms with E-state index in [4.69, 9.17) is 9.47 Å². The van der Waals surface area contributed by atoms with E-state index in [1.165, 1.54) is 12.3 Å². The Kier molecular flexibility index (Phi) is 8.90. The summed E-state index contributed by atoms with van der Waals surface area (Å²) in [6.07, 6.45) is -0.890. The Morgan fingerprint density at radius 2 is 1.63 bits per heavy atom. The molecule has 1 fully saturated rings. The van der Waals surface area contributed by atoms with Crippen molar-refractivity contribution in [2.24, 2.45) is 0 Å². The van der Waals surface area contributed by atoms with E-state index < -0.39 is 40.5 Å². The van der Waals surface area contributed by atoms with Crippen LogP contribution < -0.4 is 11.0 Å². The molecule has 1 aromatic heterocycles. The van der Waals surface area contributed by atoms with Gasteiger partial charge < -0.3 is 14.8 Å². The van der Waals surface area contributed by atoms with Crippen LogP contribution in [0.1, 0.15) is 45.9 Å². The minimum atomic E-state index is -1.81. The Labute approximate surface area is 222 Å². The topological polar surface area (TPSA) is 117 Å². The summed E-state index contributed by atoms with van der Waals surface area (Å²) >= 11 is 1.00. The van der Waals surface area contributed by atoms with Gasteiger partial charge in [0.2, 0.25) is 5.91 Å². The third-order valence-corrected chi connectivity index (χ3v) is 7.28. The zero-order valence-corrected chi connectivity index (χ0v) is 21.3. The Morgan fingerprint density at radius 1 is 1.00 bits per heavy atom. The molecule has 2 heterocycles. The number of nitrogens with one attached hydrogen (secondary N) is 1. The molecule has 4 atom stereocenters. The Balaban J connectivity index is 1.54. The van der Waals surface area contributed by atoms with Gasteiger partial charge in [0, 0.05) is 12.6 Å². The van der Waals surface area contributed by atoms with Gasteiger partial charge in [0.15, 0.2) is 12.3 Å². The quantitative estimate of drug-likeness (QED) is 0.406. The number of carbonyl (C=O) groups excluding carboxylic acids is 3. The molecule has 2 aromatic carbocycles. The lowest BCUT2D eigenvalue weighted by molar-refractivity contribution is -0.116. The standard InChI is InChI=1S/C27H26FN3O6S/c1-2-9-21(32)29-20-14-15-31(27(35)30-20)24-22(28)23(37-26(34)18-12-7-4-8-13-18)19(38-24)16-36-25(33)17-10-5-3-6-11-17/h3-8,10-15,19,22-24H,2,9,16H2,1H3,(H,29,30,32,35)/t19?,22-,23+,24+/m0/s1. The normalized spacial score (nSPS) is 20.5. The molecule has 1 N–H and O–H groups in total. The fourth-order valence-electron chi connectivity index (χ4n) is 3.88. The number of amides is 1. The number of ether oxygens (including phenoxy) is 2. The number of hydrogen-bond acceptors (Lipinski definition) is 8. The van der Waals surface area contributed by atoms with Crippen LogP contribution in [0.2, 0.25) is 0 Å². The summed E-state index contributed by atoms with van der Waals surface area (Å²) in [5.41, 5.74) is -0.225. The SMILES string of the molecule is CCCC(=O)Nc1ccn([C@@H]2SC(COC(=O)c3ccccc3)[C@@H](OC(=O)c3ccccc3)[C@@H]2F)c(=O)n1. The van der Waals surface area contributed by atoms with Crippen molar-refractivity contribution < 1.29 is 28.2 Å². The molecule has 0 bridgehead atoms. The molecule has 0 aliphatic carbocycles. The van der Waals surface area contributed by atoms with Crippen molar-refractivity contribution in [3.63, 3.8) is 0 Å². The van der Waals surface area contributed by atoms with E-state index in [0.717, 1.165) is 16.3 Å². The number of thioether (sulfide) groups is 1. The van der Waals surface area contributed by atoms with E-state index >= 15 is 4.39 Å². The van der Waals surface area contributed by atoms with Gasteiger partial charge in [-0.3, -0.25) is 9.36 Å². The van der Waals surface area contributed by atoms with Crippen molar-refractivity contribution in [1.29, 1.82) is 0 Å². The van der Waals surface area contributed by atoms with Crippen molar-refractivity contribution in [3.05, 3.63) is 94.5 Å². The van der Waals surface area contributed by atoms with Crippen LogP contribution >= 0.6 is 11.8 Å². The maximum Gasteiger partial charge on any atom is 0.350 e. The molecule has 0 radical (unpaired) electrons. The van der Waals surface area contributed by atoms with E-state index in [-0.39, 0.29) is 30.3 Å². The number of aromatic nitrogens is 2. The summed E-state index contributed by atoms with van der Waals surface area (Å²) in [5.74, 6) is -1.57. The van der Waals surface area contributed by atoms with E-state index in [1.807, 2.05) is 6.92 Å². The maximum atomic E-state index is 15.8. The third-order valence-electron chi connectivity index (χ3n) is 5.76. The number of halogens is 1. The van der Waals surface area contributed by atoms with Crippen molar-refractivity contribution in [2.45, 2.75) is 42.7 Å². The molecule has 1 aliphatic rings. The molecule has 0 spiro atoms. The number of alkyl halides is 1. The average molecular weight is 540 g/mol. The molecule has 1 saturated heterocycles. The van der Waals surface area contributed by atoms with Gasteiger partial charge in [-0.15, -0.1) is 11.8 Å². The zero-order valence-electron chi connectivity index (χ0n) is 20.5. The number of rotatable bonds is 9. The predicted octanol–water partition coefficient (Wildman–Crippen LogP) is 4.02. The first kappa shape index (κ1) is 27.1. The van der Waals surface area contributed by atoms with Crippen molar-refractivity contribution in [3.8, 4) is 0 Å². The summed E-state index contributed by atoms with van der Waals surface area (Å²) in [5, 5.41) is 0.625. The van der Waals surface area contributed by atoms with Gasteiger partial charge in [-0.2, -0.15) is 4.98 Å². The Bertz CT molecular complexity index is 1340. The molecule has 4 rings (SSSR count). The number of hydrogen-bond donors (Lipinski definition) is 1. The summed E-state index contributed by atoms with van der Waals surface area (Å²) in [7, 11) is 0. The average Bonchev–Trinajstić information content (AvgIpc) is 3.23. The van der Waals surface area contributed by atoms with Crippen molar-refractivity contribution in [1.82, 2.24) is 9.55 Å². The first-order valence-corrected chi connectivity index (χ1v) is 13.0. The number of carbonyl (C=O) groups is 3. The van der Waals surface area contributed by atoms with Crippen molar-refractivity contribution in [2.75, 3.05) is 11.9 Å². The lowest BCUT2D eigenvalue weighted by Gasteiger charge is -2.21. The Morgan fingerprint density at radius 3 is 2.24 bits per heavy atom. The van der Waals surface area contributed by atoms with Gasteiger partial charge in [-0.1, -0.05) is 43.3 Å². The summed E-state index contributed by atoms with van der Waals surface area (Å²) in [4.78, 5) is 53.6. The van der Waals surface area contributed by atoms with Crippen LogP contribution in [0.15, 0.2) is 77.7 Å². The number of anilines is 1. The highest BCUT2D eigenvalue weighted by Gasteiger charge is 2.49. The van der Waals surface area contributed by atoms with Gasteiger partial charge in [0.1, 0.15) is 17.8 Å². The monoisotopic (exact) mass is 539 g/mol. The third kappa shape index (κ3) is 6.46. The second-order valence-corrected chi connectivity index (χ2v) is 9.87. The molecule has 38 heavy (non-hydrogen) atoms. The smallest absolute Gasteiger partial charge is 0.350 e. The largest absolute Gasteiger partial charge is 0.461 e.